The molecule has 0 unspecified atom stereocenters. The summed E-state index contributed by atoms with van der Waals surface area (Å²) in [6, 6.07) is 2.21. The third-order valence-corrected chi connectivity index (χ3v) is 3.38. The van der Waals surface area contributed by atoms with E-state index in [-0.39, 0.29) is 5.41 Å². The first-order valence-electron chi connectivity index (χ1n) is 5.02. The van der Waals surface area contributed by atoms with Gasteiger partial charge in [-0.3, -0.25) is 0 Å². The lowest BCUT2D eigenvalue weighted by molar-refractivity contribution is 0.589. The minimum atomic E-state index is 0.125. The SMILES string of the molecule is Cc1cc(C(C)(C)C)c(Cl)c(C)c1C. The van der Waals surface area contributed by atoms with Crippen LogP contribution in [0, 0.1) is 20.8 Å². The van der Waals surface area contributed by atoms with Gasteiger partial charge in [-0.25, -0.2) is 0 Å². The monoisotopic (exact) mass is 210 g/mol. The lowest BCUT2D eigenvalue weighted by Gasteiger charge is -2.23. The lowest BCUT2D eigenvalue weighted by Crippen LogP contribution is -2.13. The Morgan fingerprint density at radius 2 is 1.50 bits per heavy atom. The highest BCUT2D eigenvalue weighted by Gasteiger charge is 2.19. The predicted octanol–water partition coefficient (Wildman–Crippen LogP) is 4.56. The van der Waals surface area contributed by atoms with Crippen LogP contribution in [0.25, 0.3) is 0 Å². The van der Waals surface area contributed by atoms with Gasteiger partial charge in [-0.1, -0.05) is 38.4 Å². The molecule has 1 rings (SSSR count). The van der Waals surface area contributed by atoms with E-state index in [0.29, 0.717) is 0 Å². The molecule has 0 aliphatic rings. The van der Waals surface area contributed by atoms with Crippen molar-refractivity contribution in [2.24, 2.45) is 0 Å². The third-order valence-electron chi connectivity index (χ3n) is 2.89. The van der Waals surface area contributed by atoms with E-state index in [9.17, 15) is 0 Å². The van der Waals surface area contributed by atoms with Gasteiger partial charge in [0.1, 0.15) is 0 Å². The molecule has 0 amide bonds. The Hall–Kier alpha value is -0.490. The van der Waals surface area contributed by atoms with Crippen LogP contribution in [0.15, 0.2) is 6.07 Å². The van der Waals surface area contributed by atoms with Crippen LogP contribution < -0.4 is 0 Å². The molecule has 1 aromatic rings. The molecule has 0 atom stereocenters. The van der Waals surface area contributed by atoms with Gasteiger partial charge in [0, 0.05) is 5.02 Å². The highest BCUT2D eigenvalue weighted by Crippen LogP contribution is 2.34. The van der Waals surface area contributed by atoms with E-state index in [4.69, 9.17) is 11.6 Å². The number of hydrogen-bond donors (Lipinski definition) is 0. The molecule has 0 aromatic heterocycles. The van der Waals surface area contributed by atoms with Crippen molar-refractivity contribution in [3.8, 4) is 0 Å². The number of benzene rings is 1. The molecule has 0 aliphatic carbocycles. The van der Waals surface area contributed by atoms with Gasteiger partial charge in [0.2, 0.25) is 0 Å². The van der Waals surface area contributed by atoms with Crippen LogP contribution in [0.3, 0.4) is 0 Å². The Balaban J connectivity index is 3.49. The van der Waals surface area contributed by atoms with Crippen molar-refractivity contribution in [2.45, 2.75) is 47.0 Å². The normalized spacial score (nSPS) is 11.9. The molecule has 0 radical (unpaired) electrons. The molecule has 14 heavy (non-hydrogen) atoms. The summed E-state index contributed by atoms with van der Waals surface area (Å²) in [4.78, 5) is 0. The Morgan fingerprint density at radius 1 is 1.00 bits per heavy atom. The Kier molecular flexibility index (Phi) is 2.96. The van der Waals surface area contributed by atoms with Crippen molar-refractivity contribution in [1.82, 2.24) is 0 Å². The van der Waals surface area contributed by atoms with Gasteiger partial charge < -0.3 is 0 Å². The average Bonchev–Trinajstić information content (AvgIpc) is 2.06. The van der Waals surface area contributed by atoms with E-state index >= 15 is 0 Å². The second kappa shape index (κ2) is 3.58. The molecule has 0 saturated carbocycles. The predicted molar refractivity (Wildman–Crippen MR) is 64.4 cm³/mol. The van der Waals surface area contributed by atoms with Crippen LogP contribution in [-0.2, 0) is 5.41 Å². The average molecular weight is 211 g/mol. The molecular formula is C13H19Cl. The zero-order valence-corrected chi connectivity index (χ0v) is 10.7. The molecular weight excluding hydrogens is 192 g/mol. The fourth-order valence-electron chi connectivity index (χ4n) is 1.60. The van der Waals surface area contributed by atoms with Crippen LogP contribution in [0.5, 0.6) is 0 Å². The Bertz CT molecular complexity index is 356. The number of halogens is 1. The topological polar surface area (TPSA) is 0 Å². The largest absolute Gasteiger partial charge is 0.0837 e. The van der Waals surface area contributed by atoms with E-state index in [1.807, 2.05) is 0 Å². The van der Waals surface area contributed by atoms with Gasteiger partial charge in [-0.15, -0.1) is 0 Å². The van der Waals surface area contributed by atoms with Crippen LogP contribution in [-0.4, -0.2) is 0 Å². The maximum atomic E-state index is 6.36. The summed E-state index contributed by atoms with van der Waals surface area (Å²) in [6.07, 6.45) is 0. The molecule has 0 aliphatic heterocycles. The van der Waals surface area contributed by atoms with Gasteiger partial charge in [0.05, 0.1) is 0 Å². The second-order valence-corrected chi connectivity index (χ2v) is 5.43. The van der Waals surface area contributed by atoms with Gasteiger partial charge in [0.25, 0.3) is 0 Å². The molecule has 0 saturated heterocycles. The molecule has 0 fully saturated rings. The minimum Gasteiger partial charge on any atom is -0.0837 e. The minimum absolute atomic E-state index is 0.125. The van der Waals surface area contributed by atoms with Crippen molar-refractivity contribution >= 4 is 11.6 Å². The zero-order chi connectivity index (χ0) is 11.1. The highest BCUT2D eigenvalue weighted by molar-refractivity contribution is 6.32. The van der Waals surface area contributed by atoms with Crippen LogP contribution in [0.4, 0.5) is 0 Å². The third kappa shape index (κ3) is 1.95. The van der Waals surface area contributed by atoms with E-state index in [1.54, 1.807) is 0 Å². The van der Waals surface area contributed by atoms with Crippen LogP contribution in [0.2, 0.25) is 5.02 Å². The Morgan fingerprint density at radius 3 is 1.93 bits per heavy atom. The van der Waals surface area contributed by atoms with Crippen LogP contribution in [0.1, 0.15) is 43.0 Å². The van der Waals surface area contributed by atoms with E-state index in [1.165, 1.54) is 22.3 Å². The lowest BCUT2D eigenvalue weighted by atomic mass is 9.84. The number of rotatable bonds is 0. The van der Waals surface area contributed by atoms with E-state index in [2.05, 4.69) is 47.6 Å². The van der Waals surface area contributed by atoms with Crippen molar-refractivity contribution in [3.63, 3.8) is 0 Å². The fourth-order valence-corrected chi connectivity index (χ4v) is 2.08. The van der Waals surface area contributed by atoms with Crippen molar-refractivity contribution < 1.29 is 0 Å². The van der Waals surface area contributed by atoms with Gasteiger partial charge in [-0.05, 0) is 48.4 Å². The molecule has 78 valence electrons. The molecule has 0 nitrogen and oxygen atoms in total. The summed E-state index contributed by atoms with van der Waals surface area (Å²) >= 11 is 6.36. The summed E-state index contributed by atoms with van der Waals surface area (Å²) in [5, 5.41) is 0.931. The molecule has 1 aromatic carbocycles. The summed E-state index contributed by atoms with van der Waals surface area (Å²) in [5.74, 6) is 0. The Labute approximate surface area is 92.3 Å². The second-order valence-electron chi connectivity index (χ2n) is 5.06. The molecule has 1 heteroatoms. The standard InChI is InChI=1S/C13H19Cl/c1-8-7-11(13(4,5)6)12(14)10(3)9(8)2/h7H,1-6H3. The summed E-state index contributed by atoms with van der Waals surface area (Å²) in [7, 11) is 0. The molecule has 0 bridgehead atoms. The first-order chi connectivity index (χ1) is 6.25. The quantitative estimate of drug-likeness (QED) is 0.589. The highest BCUT2D eigenvalue weighted by atomic mass is 35.5. The zero-order valence-electron chi connectivity index (χ0n) is 9.96. The number of aryl methyl sites for hydroxylation is 1. The van der Waals surface area contributed by atoms with Gasteiger partial charge in [-0.2, -0.15) is 0 Å². The summed E-state index contributed by atoms with van der Waals surface area (Å²) < 4.78 is 0. The summed E-state index contributed by atoms with van der Waals surface area (Å²) in [5.41, 5.74) is 5.23. The maximum Gasteiger partial charge on any atom is 0.0475 e. The molecule has 0 N–H and O–H groups in total. The van der Waals surface area contributed by atoms with E-state index in [0.717, 1.165) is 5.02 Å². The van der Waals surface area contributed by atoms with Crippen molar-refractivity contribution in [1.29, 1.82) is 0 Å². The smallest absolute Gasteiger partial charge is 0.0475 e. The van der Waals surface area contributed by atoms with Gasteiger partial charge in [0.15, 0.2) is 0 Å². The van der Waals surface area contributed by atoms with Crippen LogP contribution >= 0.6 is 11.6 Å². The first kappa shape index (κ1) is 11.6. The van der Waals surface area contributed by atoms with Crippen molar-refractivity contribution in [3.05, 3.63) is 33.3 Å². The summed E-state index contributed by atoms with van der Waals surface area (Å²) in [6.45, 7) is 13.0. The first-order valence-corrected chi connectivity index (χ1v) is 5.39. The van der Waals surface area contributed by atoms with Gasteiger partial charge >= 0.3 is 0 Å². The van der Waals surface area contributed by atoms with Crippen molar-refractivity contribution in [2.75, 3.05) is 0 Å². The molecule has 0 heterocycles. The van der Waals surface area contributed by atoms with E-state index < -0.39 is 0 Å². The fraction of sp³-hybridized carbons (Fsp3) is 0.538. The number of hydrogen-bond acceptors (Lipinski definition) is 0. The maximum absolute atomic E-state index is 6.36. The molecule has 0 spiro atoms.